The van der Waals surface area contributed by atoms with E-state index in [-0.39, 0.29) is 17.3 Å². The summed E-state index contributed by atoms with van der Waals surface area (Å²) in [5, 5.41) is 0. The molecule has 0 bridgehead atoms. The van der Waals surface area contributed by atoms with Crippen molar-refractivity contribution >= 4 is 17.3 Å². The Labute approximate surface area is 142 Å². The van der Waals surface area contributed by atoms with E-state index in [2.05, 4.69) is 20.4 Å². The van der Waals surface area contributed by atoms with Crippen molar-refractivity contribution in [3.8, 4) is 11.1 Å². The third kappa shape index (κ3) is 3.59. The third-order valence-corrected chi connectivity index (χ3v) is 3.45. The molecule has 0 unspecified atom stereocenters. The second-order valence-electron chi connectivity index (χ2n) is 5.10. The molecule has 8 heteroatoms. The Bertz CT molecular complexity index is 928. The van der Waals surface area contributed by atoms with Crippen molar-refractivity contribution in [1.29, 1.82) is 0 Å². The molecule has 5 N–H and O–H groups in total. The van der Waals surface area contributed by atoms with Gasteiger partial charge in [-0.1, -0.05) is 6.07 Å². The molecule has 0 saturated heterocycles. The summed E-state index contributed by atoms with van der Waals surface area (Å²) in [6, 6.07) is 8.27. The standard InChI is InChI=1S/C17H14F2N6/c18-12-3-4-14(19)15(7-12)24-17(25-21)13-6-11(9-23-16(13)20)10-2-1-5-22-8-10/h1-9H,21H2,(H2,20,23)(H,24,25). The van der Waals surface area contributed by atoms with Gasteiger partial charge in [-0.05, 0) is 24.3 Å². The van der Waals surface area contributed by atoms with Gasteiger partial charge in [0.1, 0.15) is 23.1 Å². The van der Waals surface area contributed by atoms with Crippen LogP contribution in [0.15, 0.2) is 60.0 Å². The number of amidine groups is 1. The Balaban J connectivity index is 2.09. The van der Waals surface area contributed by atoms with Crippen LogP contribution in [0, 0.1) is 11.6 Å². The minimum absolute atomic E-state index is 0.0558. The lowest BCUT2D eigenvalue weighted by Gasteiger charge is -2.11. The first-order chi connectivity index (χ1) is 12.1. The second kappa shape index (κ2) is 7.02. The molecule has 126 valence electrons. The van der Waals surface area contributed by atoms with Crippen molar-refractivity contribution in [2.75, 3.05) is 5.73 Å². The predicted molar refractivity (Wildman–Crippen MR) is 91.8 cm³/mol. The first-order valence-corrected chi connectivity index (χ1v) is 7.25. The number of anilines is 1. The lowest BCUT2D eigenvalue weighted by Crippen LogP contribution is -2.31. The largest absolute Gasteiger partial charge is 0.383 e. The summed E-state index contributed by atoms with van der Waals surface area (Å²) in [5.74, 6) is 4.39. The number of nitrogen functional groups attached to an aromatic ring is 1. The Kier molecular flexibility index (Phi) is 4.62. The quantitative estimate of drug-likeness (QED) is 0.294. The molecule has 6 nitrogen and oxygen atoms in total. The number of aromatic nitrogens is 2. The van der Waals surface area contributed by atoms with E-state index in [1.807, 2.05) is 6.07 Å². The lowest BCUT2D eigenvalue weighted by molar-refractivity contribution is 0.602. The molecule has 3 aromatic rings. The van der Waals surface area contributed by atoms with Crippen molar-refractivity contribution in [2.45, 2.75) is 0 Å². The summed E-state index contributed by atoms with van der Waals surface area (Å²) < 4.78 is 27.2. The fourth-order valence-electron chi connectivity index (χ4n) is 2.22. The molecule has 0 aliphatic carbocycles. The topological polar surface area (TPSA) is 102 Å². The highest BCUT2D eigenvalue weighted by Crippen LogP contribution is 2.24. The zero-order chi connectivity index (χ0) is 17.8. The van der Waals surface area contributed by atoms with Crippen molar-refractivity contribution in [2.24, 2.45) is 10.8 Å². The maximum atomic E-state index is 13.8. The molecular formula is C17H14F2N6. The molecule has 1 aromatic carbocycles. The van der Waals surface area contributed by atoms with Gasteiger partial charge in [-0.3, -0.25) is 4.98 Å². The Morgan fingerprint density at radius 2 is 1.92 bits per heavy atom. The highest BCUT2D eigenvalue weighted by molar-refractivity contribution is 6.04. The van der Waals surface area contributed by atoms with Gasteiger partial charge in [-0.15, -0.1) is 0 Å². The van der Waals surface area contributed by atoms with Gasteiger partial charge in [0, 0.05) is 35.8 Å². The molecule has 25 heavy (non-hydrogen) atoms. The average Bonchev–Trinajstić information content (AvgIpc) is 2.64. The number of rotatable bonds is 3. The number of hydrogen-bond acceptors (Lipinski definition) is 5. The first-order valence-electron chi connectivity index (χ1n) is 7.25. The van der Waals surface area contributed by atoms with E-state index in [9.17, 15) is 8.78 Å². The van der Waals surface area contributed by atoms with Gasteiger partial charge in [0.05, 0.1) is 5.56 Å². The molecule has 2 aromatic heterocycles. The minimum atomic E-state index is -0.691. The maximum Gasteiger partial charge on any atom is 0.151 e. The van der Waals surface area contributed by atoms with Crippen LogP contribution in [0.3, 0.4) is 0 Å². The fraction of sp³-hybridized carbons (Fsp3) is 0. The highest BCUT2D eigenvalue weighted by atomic mass is 19.1. The van der Waals surface area contributed by atoms with Crippen molar-refractivity contribution in [3.05, 3.63) is 72.2 Å². The Hall–Kier alpha value is -3.39. The summed E-state index contributed by atoms with van der Waals surface area (Å²) in [6.45, 7) is 0. The van der Waals surface area contributed by atoms with Crippen LogP contribution >= 0.6 is 0 Å². The maximum absolute atomic E-state index is 13.8. The summed E-state index contributed by atoms with van der Waals surface area (Å²) >= 11 is 0. The fourth-order valence-corrected chi connectivity index (χ4v) is 2.22. The number of aliphatic imine (C=N–C) groups is 1. The normalized spacial score (nSPS) is 11.4. The molecular weight excluding hydrogens is 326 g/mol. The van der Waals surface area contributed by atoms with Gasteiger partial charge in [-0.25, -0.2) is 24.6 Å². The smallest absolute Gasteiger partial charge is 0.151 e. The number of nitrogens with two attached hydrogens (primary N) is 2. The van der Waals surface area contributed by atoms with E-state index >= 15 is 0 Å². The van der Waals surface area contributed by atoms with E-state index in [1.54, 1.807) is 30.7 Å². The van der Waals surface area contributed by atoms with Crippen molar-refractivity contribution in [1.82, 2.24) is 15.4 Å². The highest BCUT2D eigenvalue weighted by Gasteiger charge is 2.12. The number of hydrogen-bond donors (Lipinski definition) is 3. The number of benzene rings is 1. The van der Waals surface area contributed by atoms with Gasteiger partial charge >= 0.3 is 0 Å². The van der Waals surface area contributed by atoms with E-state index < -0.39 is 11.6 Å². The monoisotopic (exact) mass is 340 g/mol. The van der Waals surface area contributed by atoms with Crippen LogP contribution in [0.5, 0.6) is 0 Å². The number of halogens is 2. The molecule has 2 heterocycles. The average molecular weight is 340 g/mol. The van der Waals surface area contributed by atoms with Crippen LogP contribution in [-0.2, 0) is 0 Å². The summed E-state index contributed by atoms with van der Waals surface area (Å²) in [4.78, 5) is 12.2. The Morgan fingerprint density at radius 3 is 2.64 bits per heavy atom. The molecule has 0 aliphatic rings. The van der Waals surface area contributed by atoms with Crippen molar-refractivity contribution in [3.63, 3.8) is 0 Å². The summed E-state index contributed by atoms with van der Waals surface area (Å²) in [6.07, 6.45) is 4.89. The van der Waals surface area contributed by atoms with Crippen LogP contribution in [0.25, 0.3) is 11.1 Å². The van der Waals surface area contributed by atoms with Crippen LogP contribution < -0.4 is 17.0 Å². The SMILES string of the molecule is NNC(=Nc1cc(F)ccc1F)c1cc(-c2cccnc2)cnc1N. The van der Waals surface area contributed by atoms with Gasteiger partial charge in [0.25, 0.3) is 0 Å². The van der Waals surface area contributed by atoms with Crippen molar-refractivity contribution < 1.29 is 8.78 Å². The van der Waals surface area contributed by atoms with Gasteiger partial charge < -0.3 is 11.2 Å². The molecule has 0 radical (unpaired) electrons. The molecule has 0 atom stereocenters. The molecule has 0 amide bonds. The van der Waals surface area contributed by atoms with Crippen LogP contribution in [-0.4, -0.2) is 15.8 Å². The molecule has 0 fully saturated rings. The van der Waals surface area contributed by atoms with Crippen LogP contribution in [0.1, 0.15) is 5.56 Å². The molecule has 0 spiro atoms. The lowest BCUT2D eigenvalue weighted by atomic mass is 10.1. The zero-order valence-electron chi connectivity index (χ0n) is 12.9. The first kappa shape index (κ1) is 16.5. The van der Waals surface area contributed by atoms with E-state index in [1.165, 1.54) is 0 Å². The third-order valence-electron chi connectivity index (χ3n) is 3.45. The second-order valence-corrected chi connectivity index (χ2v) is 5.10. The number of nitrogens with one attached hydrogen (secondary N) is 1. The van der Waals surface area contributed by atoms with E-state index in [0.717, 1.165) is 29.3 Å². The number of nitrogens with zero attached hydrogens (tertiary/aromatic N) is 3. The van der Waals surface area contributed by atoms with E-state index in [0.29, 0.717) is 5.56 Å². The zero-order valence-corrected chi connectivity index (χ0v) is 12.9. The predicted octanol–water partition coefficient (Wildman–Crippen LogP) is 2.55. The van der Waals surface area contributed by atoms with Crippen LogP contribution in [0.2, 0.25) is 0 Å². The Morgan fingerprint density at radius 1 is 1.08 bits per heavy atom. The van der Waals surface area contributed by atoms with Crippen LogP contribution in [0.4, 0.5) is 20.3 Å². The molecule has 3 rings (SSSR count). The van der Waals surface area contributed by atoms with E-state index in [4.69, 9.17) is 11.6 Å². The minimum Gasteiger partial charge on any atom is -0.383 e. The van der Waals surface area contributed by atoms with Gasteiger partial charge in [0.2, 0.25) is 0 Å². The van der Waals surface area contributed by atoms with Gasteiger partial charge in [0.15, 0.2) is 5.84 Å². The number of hydrazine groups is 1. The van der Waals surface area contributed by atoms with Gasteiger partial charge in [-0.2, -0.15) is 0 Å². The molecule has 0 saturated carbocycles. The number of pyridine rings is 2. The summed E-state index contributed by atoms with van der Waals surface area (Å²) in [5.41, 5.74) is 9.93. The summed E-state index contributed by atoms with van der Waals surface area (Å²) in [7, 11) is 0. The molecule has 0 aliphatic heterocycles.